The molecule has 142 valence electrons. The van der Waals surface area contributed by atoms with Crippen LogP contribution in [0.2, 0.25) is 0 Å². The van der Waals surface area contributed by atoms with Crippen molar-refractivity contribution >= 4 is 34.0 Å². The Morgan fingerprint density at radius 1 is 1.14 bits per heavy atom. The summed E-state index contributed by atoms with van der Waals surface area (Å²) in [5.74, 6) is -1.48. The Hall–Kier alpha value is -4.08. The number of anilines is 1. The molecule has 0 saturated carbocycles. The molecule has 0 bridgehead atoms. The number of benzene rings is 2. The highest BCUT2D eigenvalue weighted by molar-refractivity contribution is 6.03. The van der Waals surface area contributed by atoms with E-state index < -0.39 is 23.4 Å². The summed E-state index contributed by atoms with van der Waals surface area (Å²) in [6.07, 6.45) is 0. The lowest BCUT2D eigenvalue weighted by Gasteiger charge is -2.09. The Kier molecular flexibility index (Phi) is 5.12. The van der Waals surface area contributed by atoms with E-state index in [0.29, 0.717) is 16.5 Å². The number of nitro groups is 1. The van der Waals surface area contributed by atoms with Crippen LogP contribution in [0, 0.1) is 10.1 Å². The number of nitrogens with zero attached hydrogens (tertiary/aromatic N) is 3. The van der Waals surface area contributed by atoms with Gasteiger partial charge in [-0.2, -0.15) is 5.10 Å². The molecule has 1 N–H and O–H groups in total. The molecule has 0 radical (unpaired) electrons. The van der Waals surface area contributed by atoms with Crippen LogP contribution in [0.1, 0.15) is 10.5 Å². The first-order chi connectivity index (χ1) is 13.4. The number of rotatable bonds is 5. The molecular weight excluding hydrogens is 368 g/mol. The number of nitro benzene ring substituents is 1. The monoisotopic (exact) mass is 382 g/mol. The average Bonchev–Trinajstić information content (AvgIpc) is 2.69. The van der Waals surface area contributed by atoms with Gasteiger partial charge in [0.25, 0.3) is 17.2 Å². The Morgan fingerprint density at radius 3 is 2.43 bits per heavy atom. The molecule has 10 nitrogen and oxygen atoms in total. The van der Waals surface area contributed by atoms with E-state index in [9.17, 15) is 24.5 Å². The van der Waals surface area contributed by atoms with E-state index in [1.165, 1.54) is 31.3 Å². The van der Waals surface area contributed by atoms with Crippen molar-refractivity contribution in [3.63, 3.8) is 0 Å². The van der Waals surface area contributed by atoms with Crippen LogP contribution in [0.15, 0.2) is 53.3 Å². The van der Waals surface area contributed by atoms with E-state index in [4.69, 9.17) is 4.74 Å². The van der Waals surface area contributed by atoms with Crippen LogP contribution in [-0.4, -0.2) is 33.2 Å². The molecule has 2 aromatic carbocycles. The predicted octanol–water partition coefficient (Wildman–Crippen LogP) is 1.64. The fourth-order valence-electron chi connectivity index (χ4n) is 2.51. The fourth-order valence-corrected chi connectivity index (χ4v) is 2.51. The second-order valence-corrected chi connectivity index (χ2v) is 5.75. The molecule has 1 amide bonds. The van der Waals surface area contributed by atoms with Gasteiger partial charge in [0.1, 0.15) is 0 Å². The fraction of sp³-hybridized carbons (Fsp3) is 0.111. The third kappa shape index (κ3) is 3.85. The Morgan fingerprint density at radius 2 is 1.79 bits per heavy atom. The zero-order valence-electron chi connectivity index (χ0n) is 14.6. The summed E-state index contributed by atoms with van der Waals surface area (Å²) in [7, 11) is 1.41. The molecule has 0 unspecified atom stereocenters. The lowest BCUT2D eigenvalue weighted by molar-refractivity contribution is -0.384. The van der Waals surface area contributed by atoms with Gasteiger partial charge < -0.3 is 10.1 Å². The summed E-state index contributed by atoms with van der Waals surface area (Å²) in [4.78, 5) is 46.4. The minimum absolute atomic E-state index is 0.0826. The van der Waals surface area contributed by atoms with Crippen LogP contribution in [0.5, 0.6) is 0 Å². The molecule has 3 aromatic rings. The Bertz CT molecular complexity index is 1140. The second kappa shape index (κ2) is 7.66. The third-order valence-corrected chi connectivity index (χ3v) is 3.85. The molecule has 10 heteroatoms. The van der Waals surface area contributed by atoms with Crippen LogP contribution in [0.3, 0.4) is 0 Å². The van der Waals surface area contributed by atoms with E-state index in [-0.39, 0.29) is 16.9 Å². The van der Waals surface area contributed by atoms with Gasteiger partial charge in [0.15, 0.2) is 12.3 Å². The molecule has 28 heavy (non-hydrogen) atoms. The number of hydrogen-bond donors (Lipinski definition) is 1. The van der Waals surface area contributed by atoms with Gasteiger partial charge in [-0.15, -0.1) is 0 Å². The molecule has 0 aliphatic heterocycles. The highest BCUT2D eigenvalue weighted by atomic mass is 16.6. The first-order valence-corrected chi connectivity index (χ1v) is 8.04. The molecule has 0 spiro atoms. The normalized spacial score (nSPS) is 10.5. The molecular formula is C18H14N4O6. The molecule has 1 aromatic heterocycles. The number of ether oxygens (including phenoxy) is 1. The second-order valence-electron chi connectivity index (χ2n) is 5.75. The maximum absolute atomic E-state index is 12.3. The Balaban J connectivity index is 1.69. The molecule has 3 rings (SSSR count). The zero-order chi connectivity index (χ0) is 20.3. The number of fused-ring (bicyclic) bond motifs is 1. The molecule has 0 aliphatic rings. The minimum Gasteiger partial charge on any atom is -0.451 e. The number of esters is 1. The van der Waals surface area contributed by atoms with Crippen molar-refractivity contribution in [3.05, 3.63) is 74.7 Å². The Labute approximate surface area is 157 Å². The largest absolute Gasteiger partial charge is 0.451 e. The number of carbonyl (C=O) groups is 2. The molecule has 0 saturated heterocycles. The smallest absolute Gasteiger partial charge is 0.359 e. The summed E-state index contributed by atoms with van der Waals surface area (Å²) in [5.41, 5.74) is -0.238. The number of aryl methyl sites for hydroxylation is 1. The van der Waals surface area contributed by atoms with E-state index in [2.05, 4.69) is 10.4 Å². The lowest BCUT2D eigenvalue weighted by atomic mass is 10.1. The van der Waals surface area contributed by atoms with E-state index >= 15 is 0 Å². The summed E-state index contributed by atoms with van der Waals surface area (Å²) >= 11 is 0. The van der Waals surface area contributed by atoms with Crippen LogP contribution in [-0.2, 0) is 16.6 Å². The maximum Gasteiger partial charge on any atom is 0.359 e. The van der Waals surface area contributed by atoms with Crippen molar-refractivity contribution in [1.82, 2.24) is 9.78 Å². The van der Waals surface area contributed by atoms with Crippen LogP contribution >= 0.6 is 0 Å². The summed E-state index contributed by atoms with van der Waals surface area (Å²) in [6.45, 7) is -0.589. The van der Waals surface area contributed by atoms with Gasteiger partial charge >= 0.3 is 5.97 Å². The van der Waals surface area contributed by atoms with Crippen LogP contribution in [0.25, 0.3) is 10.8 Å². The SMILES string of the molecule is Cn1nc(C(=O)OCC(=O)Nc2ccc([N+](=O)[O-])cc2)c2ccccc2c1=O. The van der Waals surface area contributed by atoms with Gasteiger partial charge in [-0.25, -0.2) is 9.48 Å². The highest BCUT2D eigenvalue weighted by Crippen LogP contribution is 2.16. The van der Waals surface area contributed by atoms with Crippen molar-refractivity contribution in [1.29, 1.82) is 0 Å². The van der Waals surface area contributed by atoms with Gasteiger partial charge in [-0.05, 0) is 18.2 Å². The summed E-state index contributed by atoms with van der Waals surface area (Å²) in [6, 6.07) is 11.6. The average molecular weight is 382 g/mol. The molecule has 0 fully saturated rings. The van der Waals surface area contributed by atoms with Crippen LogP contribution in [0.4, 0.5) is 11.4 Å². The topological polar surface area (TPSA) is 133 Å². The molecule has 0 aliphatic carbocycles. The van der Waals surface area contributed by atoms with Gasteiger partial charge in [0.05, 0.1) is 10.3 Å². The lowest BCUT2D eigenvalue weighted by Crippen LogP contribution is -2.26. The zero-order valence-corrected chi connectivity index (χ0v) is 14.6. The van der Waals surface area contributed by atoms with Gasteiger partial charge in [-0.1, -0.05) is 18.2 Å². The molecule has 0 atom stereocenters. The quantitative estimate of drug-likeness (QED) is 0.403. The number of aromatic nitrogens is 2. The predicted molar refractivity (Wildman–Crippen MR) is 99.0 cm³/mol. The van der Waals surface area contributed by atoms with Gasteiger partial charge in [0.2, 0.25) is 0 Å². The highest BCUT2D eigenvalue weighted by Gasteiger charge is 2.18. The maximum atomic E-state index is 12.3. The van der Waals surface area contributed by atoms with Crippen LogP contribution < -0.4 is 10.9 Å². The van der Waals surface area contributed by atoms with Gasteiger partial charge in [-0.3, -0.25) is 19.7 Å². The minimum atomic E-state index is -0.856. The van der Waals surface area contributed by atoms with Crippen molar-refractivity contribution in [2.24, 2.45) is 7.05 Å². The van der Waals surface area contributed by atoms with E-state index in [1.54, 1.807) is 24.3 Å². The number of carbonyl (C=O) groups excluding carboxylic acids is 2. The van der Waals surface area contributed by atoms with Crippen molar-refractivity contribution in [2.75, 3.05) is 11.9 Å². The first kappa shape index (κ1) is 18.7. The number of non-ortho nitro benzene ring substituents is 1. The summed E-state index contributed by atoms with van der Waals surface area (Å²) in [5, 5.41) is 17.6. The number of nitrogens with one attached hydrogen (secondary N) is 1. The van der Waals surface area contributed by atoms with Crippen molar-refractivity contribution < 1.29 is 19.2 Å². The van der Waals surface area contributed by atoms with E-state index in [1.807, 2.05) is 0 Å². The number of hydrogen-bond acceptors (Lipinski definition) is 7. The summed E-state index contributed by atoms with van der Waals surface area (Å²) < 4.78 is 6.01. The van der Waals surface area contributed by atoms with Crippen molar-refractivity contribution in [2.45, 2.75) is 0 Å². The number of amides is 1. The molecule has 1 heterocycles. The standard InChI is InChI=1S/C18H14N4O6/c1-21-17(24)14-5-3-2-4-13(14)16(20-21)18(25)28-10-15(23)19-11-6-8-12(9-7-11)22(26)27/h2-9H,10H2,1H3,(H,19,23). The van der Waals surface area contributed by atoms with Crippen molar-refractivity contribution in [3.8, 4) is 0 Å². The third-order valence-electron chi connectivity index (χ3n) is 3.85. The first-order valence-electron chi connectivity index (χ1n) is 8.04. The van der Waals surface area contributed by atoms with Gasteiger partial charge in [0, 0.05) is 30.3 Å². The van der Waals surface area contributed by atoms with E-state index in [0.717, 1.165) is 4.68 Å².